The van der Waals surface area contributed by atoms with E-state index in [9.17, 15) is 4.79 Å². The van der Waals surface area contributed by atoms with Crippen molar-refractivity contribution in [3.8, 4) is 0 Å². The van der Waals surface area contributed by atoms with Gasteiger partial charge in [0.05, 0.1) is 0 Å². The summed E-state index contributed by atoms with van der Waals surface area (Å²) in [5.74, 6) is 1.98. The molecular formula is C8H13NO. The normalized spacial score (nSPS) is 33.6. The van der Waals surface area contributed by atoms with E-state index in [4.69, 9.17) is 0 Å². The van der Waals surface area contributed by atoms with Crippen molar-refractivity contribution in [1.29, 1.82) is 0 Å². The van der Waals surface area contributed by atoms with E-state index in [0.717, 1.165) is 18.4 Å². The molecule has 1 fully saturated rings. The van der Waals surface area contributed by atoms with Crippen LogP contribution in [0.25, 0.3) is 0 Å². The molecule has 2 nitrogen and oxygen atoms in total. The highest BCUT2D eigenvalue weighted by Crippen LogP contribution is 2.15. The molecular weight excluding hydrogens is 126 g/mol. The van der Waals surface area contributed by atoms with Crippen molar-refractivity contribution in [2.75, 3.05) is 0 Å². The summed E-state index contributed by atoms with van der Waals surface area (Å²) in [5, 5.41) is 3.28. The molecule has 0 aromatic carbocycles. The van der Waals surface area contributed by atoms with Gasteiger partial charge in [0.2, 0.25) is 0 Å². The van der Waals surface area contributed by atoms with E-state index in [2.05, 4.69) is 12.2 Å². The van der Waals surface area contributed by atoms with Crippen LogP contribution in [-0.2, 0) is 4.79 Å². The quantitative estimate of drug-likeness (QED) is 0.505. The third-order valence-corrected chi connectivity index (χ3v) is 2.03. The van der Waals surface area contributed by atoms with Crippen LogP contribution in [-0.4, -0.2) is 18.0 Å². The maximum absolute atomic E-state index is 10.3. The van der Waals surface area contributed by atoms with Gasteiger partial charge in [-0.3, -0.25) is 0 Å². The first-order valence-corrected chi connectivity index (χ1v) is 3.74. The molecule has 1 aliphatic heterocycles. The minimum atomic E-state index is 0.237. The van der Waals surface area contributed by atoms with E-state index in [1.165, 1.54) is 0 Å². The molecule has 1 aliphatic rings. The SMILES string of the molecule is CC1CCC(=C=O)C(C)N1. The number of piperidine rings is 1. The highest BCUT2D eigenvalue weighted by molar-refractivity contribution is 5.54. The summed E-state index contributed by atoms with van der Waals surface area (Å²) in [6.07, 6.45) is 1.98. The Hall–Kier alpha value is -0.590. The molecule has 0 aromatic heterocycles. The summed E-state index contributed by atoms with van der Waals surface area (Å²) in [7, 11) is 0. The summed E-state index contributed by atoms with van der Waals surface area (Å²) in [6.45, 7) is 4.15. The number of hydrogen-bond donors (Lipinski definition) is 1. The topological polar surface area (TPSA) is 29.1 Å². The minimum absolute atomic E-state index is 0.237. The molecule has 1 heterocycles. The highest BCUT2D eigenvalue weighted by Gasteiger charge is 2.18. The lowest BCUT2D eigenvalue weighted by atomic mass is 9.96. The first-order chi connectivity index (χ1) is 4.74. The average molecular weight is 139 g/mol. The fourth-order valence-electron chi connectivity index (χ4n) is 1.34. The zero-order valence-corrected chi connectivity index (χ0v) is 6.48. The standard InChI is InChI=1S/C8H13NO/c1-6-3-4-8(5-10)7(2)9-6/h6-7,9H,3-4H2,1-2H3. The second kappa shape index (κ2) is 3.00. The van der Waals surface area contributed by atoms with Gasteiger partial charge in [0.25, 0.3) is 0 Å². The molecule has 1 N–H and O–H groups in total. The number of nitrogens with one attached hydrogen (secondary N) is 1. The monoisotopic (exact) mass is 139 g/mol. The Morgan fingerprint density at radius 2 is 2.30 bits per heavy atom. The molecule has 2 heteroatoms. The molecule has 2 unspecified atom stereocenters. The third-order valence-electron chi connectivity index (χ3n) is 2.03. The lowest BCUT2D eigenvalue weighted by molar-refractivity contribution is 0.421. The summed E-state index contributed by atoms with van der Waals surface area (Å²) in [5.41, 5.74) is 0.887. The van der Waals surface area contributed by atoms with E-state index in [1.807, 2.05) is 12.9 Å². The highest BCUT2D eigenvalue weighted by atomic mass is 16.1. The summed E-state index contributed by atoms with van der Waals surface area (Å²) >= 11 is 0. The Morgan fingerprint density at radius 3 is 2.80 bits per heavy atom. The smallest absolute Gasteiger partial charge is 0.125 e. The zero-order valence-electron chi connectivity index (χ0n) is 6.48. The van der Waals surface area contributed by atoms with Gasteiger partial charge in [0.15, 0.2) is 0 Å². The van der Waals surface area contributed by atoms with Crippen LogP contribution in [0.3, 0.4) is 0 Å². The van der Waals surface area contributed by atoms with Gasteiger partial charge in [-0.05, 0) is 26.7 Å². The van der Waals surface area contributed by atoms with Crippen molar-refractivity contribution < 1.29 is 4.79 Å². The third kappa shape index (κ3) is 1.47. The average Bonchev–Trinajstić information content (AvgIpc) is 1.88. The van der Waals surface area contributed by atoms with Crippen molar-refractivity contribution in [2.45, 2.75) is 38.8 Å². The van der Waals surface area contributed by atoms with E-state index < -0.39 is 0 Å². The van der Waals surface area contributed by atoms with Crippen LogP contribution in [0, 0.1) is 0 Å². The molecule has 0 bridgehead atoms. The molecule has 1 saturated heterocycles. The number of hydrogen-bond acceptors (Lipinski definition) is 2. The van der Waals surface area contributed by atoms with Crippen LogP contribution >= 0.6 is 0 Å². The minimum Gasteiger partial charge on any atom is -0.307 e. The summed E-state index contributed by atoms with van der Waals surface area (Å²) in [4.78, 5) is 10.3. The lowest BCUT2D eigenvalue weighted by Crippen LogP contribution is -2.40. The molecule has 10 heavy (non-hydrogen) atoms. The zero-order chi connectivity index (χ0) is 7.56. The largest absolute Gasteiger partial charge is 0.307 e. The maximum Gasteiger partial charge on any atom is 0.125 e. The van der Waals surface area contributed by atoms with Crippen molar-refractivity contribution in [2.24, 2.45) is 0 Å². The maximum atomic E-state index is 10.3. The Bertz CT molecular complexity index is 170. The van der Waals surface area contributed by atoms with E-state index in [0.29, 0.717) is 6.04 Å². The van der Waals surface area contributed by atoms with Crippen LogP contribution in [0.1, 0.15) is 26.7 Å². The number of rotatable bonds is 0. The lowest BCUT2D eigenvalue weighted by Gasteiger charge is -2.26. The van der Waals surface area contributed by atoms with E-state index in [-0.39, 0.29) is 6.04 Å². The van der Waals surface area contributed by atoms with Crippen molar-refractivity contribution in [1.82, 2.24) is 5.32 Å². The van der Waals surface area contributed by atoms with Gasteiger partial charge in [-0.2, -0.15) is 0 Å². The van der Waals surface area contributed by atoms with Gasteiger partial charge in [-0.1, -0.05) is 0 Å². The first-order valence-electron chi connectivity index (χ1n) is 3.74. The van der Waals surface area contributed by atoms with Gasteiger partial charge >= 0.3 is 0 Å². The molecule has 2 atom stereocenters. The van der Waals surface area contributed by atoms with E-state index >= 15 is 0 Å². The number of carbonyl (C=O) groups excluding carboxylic acids is 1. The van der Waals surface area contributed by atoms with Crippen molar-refractivity contribution in [3.05, 3.63) is 5.57 Å². The van der Waals surface area contributed by atoms with Gasteiger partial charge in [0, 0.05) is 17.7 Å². The molecule has 0 aromatic rings. The predicted molar refractivity (Wildman–Crippen MR) is 40.5 cm³/mol. The van der Waals surface area contributed by atoms with Crippen LogP contribution in [0.5, 0.6) is 0 Å². The first kappa shape index (κ1) is 7.52. The predicted octanol–water partition coefficient (Wildman–Crippen LogP) is 0.905. The molecule has 0 spiro atoms. The van der Waals surface area contributed by atoms with Crippen molar-refractivity contribution in [3.63, 3.8) is 0 Å². The Labute approximate surface area is 61.3 Å². The fourth-order valence-corrected chi connectivity index (χ4v) is 1.34. The van der Waals surface area contributed by atoms with Gasteiger partial charge in [-0.25, -0.2) is 4.79 Å². The van der Waals surface area contributed by atoms with Gasteiger partial charge in [0.1, 0.15) is 5.94 Å². The Morgan fingerprint density at radius 1 is 1.60 bits per heavy atom. The van der Waals surface area contributed by atoms with Crippen LogP contribution in [0.2, 0.25) is 0 Å². The van der Waals surface area contributed by atoms with Crippen LogP contribution in [0.4, 0.5) is 0 Å². The van der Waals surface area contributed by atoms with Crippen LogP contribution < -0.4 is 5.32 Å². The fraction of sp³-hybridized carbons (Fsp3) is 0.750. The summed E-state index contributed by atoms with van der Waals surface area (Å²) < 4.78 is 0. The molecule has 0 aliphatic carbocycles. The van der Waals surface area contributed by atoms with E-state index in [1.54, 1.807) is 0 Å². The Balaban J connectivity index is 2.60. The molecule has 0 radical (unpaired) electrons. The Kier molecular flexibility index (Phi) is 2.25. The summed E-state index contributed by atoms with van der Waals surface area (Å²) in [6, 6.07) is 0.786. The van der Waals surface area contributed by atoms with Gasteiger partial charge in [-0.15, -0.1) is 0 Å². The molecule has 56 valence electrons. The second-order valence-electron chi connectivity index (χ2n) is 2.96. The second-order valence-corrected chi connectivity index (χ2v) is 2.96. The molecule has 1 rings (SSSR count). The van der Waals surface area contributed by atoms with Crippen LogP contribution in [0.15, 0.2) is 5.57 Å². The van der Waals surface area contributed by atoms with Gasteiger partial charge < -0.3 is 5.32 Å². The molecule has 0 amide bonds. The van der Waals surface area contributed by atoms with Crippen molar-refractivity contribution >= 4 is 5.94 Å². The molecule has 0 saturated carbocycles.